The van der Waals surface area contributed by atoms with E-state index in [1.165, 1.54) is 4.31 Å². The number of carbonyl (C=O) groups is 1. The van der Waals surface area contributed by atoms with Crippen LogP contribution in [0.25, 0.3) is 0 Å². The van der Waals surface area contributed by atoms with Gasteiger partial charge in [-0.1, -0.05) is 0 Å². The van der Waals surface area contributed by atoms with Crippen LogP contribution >= 0.6 is 0 Å². The SMILES string of the molecule is CS(=O)(=O)N1CCO[C@H](CNC(=O)Nc2ccc3c(c2)OCCO3)C1. The summed E-state index contributed by atoms with van der Waals surface area (Å²) in [5.74, 6) is 1.23. The van der Waals surface area contributed by atoms with Crippen molar-refractivity contribution < 1.29 is 27.4 Å². The average Bonchev–Trinajstić information content (AvgIpc) is 2.59. The van der Waals surface area contributed by atoms with E-state index < -0.39 is 16.1 Å². The standard InChI is InChI=1S/C15H21N3O6S/c1-25(20,21)18-4-5-22-12(10-18)9-16-15(19)17-11-2-3-13-14(8-11)24-7-6-23-13/h2-3,8,12H,4-7,9-10H2,1H3,(H2,16,17,19)/t12-/m1/s1. The third-order valence-corrected chi connectivity index (χ3v) is 5.13. The second kappa shape index (κ2) is 7.46. The molecule has 1 fully saturated rings. The molecule has 0 aliphatic carbocycles. The van der Waals surface area contributed by atoms with E-state index in [9.17, 15) is 13.2 Å². The second-order valence-electron chi connectivity index (χ2n) is 5.81. The van der Waals surface area contributed by atoms with Crippen molar-refractivity contribution in [3.05, 3.63) is 18.2 Å². The molecule has 2 aliphatic heterocycles. The fourth-order valence-electron chi connectivity index (χ4n) is 2.62. The molecule has 10 heteroatoms. The number of amides is 2. The number of nitrogens with zero attached hydrogens (tertiary/aromatic N) is 1. The first kappa shape index (κ1) is 17.8. The Labute approximate surface area is 146 Å². The number of morpholine rings is 1. The van der Waals surface area contributed by atoms with Crippen LogP contribution in [0.15, 0.2) is 18.2 Å². The quantitative estimate of drug-likeness (QED) is 0.785. The zero-order chi connectivity index (χ0) is 17.9. The van der Waals surface area contributed by atoms with Gasteiger partial charge in [-0.15, -0.1) is 0 Å². The first-order valence-corrected chi connectivity index (χ1v) is 9.78. The summed E-state index contributed by atoms with van der Waals surface area (Å²) in [5.41, 5.74) is 0.573. The zero-order valence-corrected chi connectivity index (χ0v) is 14.7. The van der Waals surface area contributed by atoms with Crippen molar-refractivity contribution in [1.82, 2.24) is 9.62 Å². The highest BCUT2D eigenvalue weighted by atomic mass is 32.2. The lowest BCUT2D eigenvalue weighted by atomic mass is 10.2. The van der Waals surface area contributed by atoms with Gasteiger partial charge in [0.1, 0.15) is 13.2 Å². The van der Waals surface area contributed by atoms with Gasteiger partial charge in [0, 0.05) is 31.4 Å². The molecular formula is C15H21N3O6S. The molecule has 0 aromatic heterocycles. The number of ether oxygens (including phenoxy) is 3. The van der Waals surface area contributed by atoms with Gasteiger partial charge in [0.05, 0.1) is 19.0 Å². The molecule has 0 bridgehead atoms. The summed E-state index contributed by atoms with van der Waals surface area (Å²) in [4.78, 5) is 12.0. The number of anilines is 1. The molecule has 1 aromatic rings. The predicted octanol–water partition coefficient (Wildman–Crippen LogP) is 0.240. The van der Waals surface area contributed by atoms with Gasteiger partial charge in [0.25, 0.3) is 0 Å². The Balaban J connectivity index is 1.50. The van der Waals surface area contributed by atoms with Crippen molar-refractivity contribution in [3.8, 4) is 11.5 Å². The molecule has 0 unspecified atom stereocenters. The lowest BCUT2D eigenvalue weighted by Crippen LogP contribution is -2.49. The smallest absolute Gasteiger partial charge is 0.319 e. The summed E-state index contributed by atoms with van der Waals surface area (Å²) in [6.07, 6.45) is 0.784. The monoisotopic (exact) mass is 371 g/mol. The molecule has 3 rings (SSSR count). The van der Waals surface area contributed by atoms with Crippen molar-refractivity contribution in [2.75, 3.05) is 51.0 Å². The minimum atomic E-state index is -3.26. The molecule has 2 amide bonds. The maximum absolute atomic E-state index is 12.0. The Morgan fingerprint density at radius 1 is 1.24 bits per heavy atom. The summed E-state index contributed by atoms with van der Waals surface area (Å²) < 4.78 is 40.9. The highest BCUT2D eigenvalue weighted by molar-refractivity contribution is 7.88. The van der Waals surface area contributed by atoms with Crippen LogP contribution in [0, 0.1) is 0 Å². The maximum Gasteiger partial charge on any atom is 0.319 e. The van der Waals surface area contributed by atoms with Crippen molar-refractivity contribution >= 4 is 21.7 Å². The van der Waals surface area contributed by atoms with E-state index in [1.54, 1.807) is 18.2 Å². The lowest BCUT2D eigenvalue weighted by Gasteiger charge is -2.31. The summed E-state index contributed by atoms with van der Waals surface area (Å²) in [5, 5.41) is 5.38. The van der Waals surface area contributed by atoms with Gasteiger partial charge in [0.15, 0.2) is 11.5 Å². The van der Waals surface area contributed by atoms with Crippen LogP contribution in [-0.2, 0) is 14.8 Å². The number of sulfonamides is 1. The molecule has 1 saturated heterocycles. The molecule has 2 aliphatic rings. The highest BCUT2D eigenvalue weighted by Gasteiger charge is 2.26. The Bertz CT molecular complexity index is 739. The van der Waals surface area contributed by atoms with Gasteiger partial charge in [0.2, 0.25) is 10.0 Å². The molecule has 1 aromatic carbocycles. The van der Waals surface area contributed by atoms with E-state index >= 15 is 0 Å². The van der Waals surface area contributed by atoms with Crippen molar-refractivity contribution in [2.45, 2.75) is 6.10 Å². The third kappa shape index (κ3) is 4.74. The van der Waals surface area contributed by atoms with Gasteiger partial charge in [-0.2, -0.15) is 4.31 Å². The molecule has 9 nitrogen and oxygen atoms in total. The van der Waals surface area contributed by atoms with Gasteiger partial charge >= 0.3 is 6.03 Å². The normalized spacial score (nSPS) is 20.8. The number of carbonyl (C=O) groups excluding carboxylic acids is 1. The van der Waals surface area contributed by atoms with Crippen LogP contribution < -0.4 is 20.1 Å². The summed E-state index contributed by atoms with van der Waals surface area (Å²) in [6.45, 7) is 2.05. The van der Waals surface area contributed by atoms with Gasteiger partial charge in [-0.25, -0.2) is 13.2 Å². The van der Waals surface area contributed by atoms with E-state index in [0.717, 1.165) is 6.26 Å². The molecule has 2 heterocycles. The number of hydrogen-bond acceptors (Lipinski definition) is 6. The number of hydrogen-bond donors (Lipinski definition) is 2. The third-order valence-electron chi connectivity index (χ3n) is 3.86. The lowest BCUT2D eigenvalue weighted by molar-refractivity contribution is 0.00167. The van der Waals surface area contributed by atoms with Crippen LogP contribution in [0.2, 0.25) is 0 Å². The van der Waals surface area contributed by atoms with Crippen LogP contribution in [0.1, 0.15) is 0 Å². The van der Waals surface area contributed by atoms with E-state index in [1.807, 2.05) is 0 Å². The van der Waals surface area contributed by atoms with Crippen LogP contribution in [0.4, 0.5) is 10.5 Å². The molecule has 0 spiro atoms. The Hall–Kier alpha value is -2.04. The first-order valence-electron chi connectivity index (χ1n) is 7.93. The largest absolute Gasteiger partial charge is 0.486 e. The predicted molar refractivity (Wildman–Crippen MR) is 90.6 cm³/mol. The first-order chi connectivity index (χ1) is 11.9. The fourth-order valence-corrected chi connectivity index (χ4v) is 3.46. The average molecular weight is 371 g/mol. The number of benzene rings is 1. The van der Waals surface area contributed by atoms with Crippen LogP contribution in [0.5, 0.6) is 11.5 Å². The zero-order valence-electron chi connectivity index (χ0n) is 13.9. The number of rotatable bonds is 4. The van der Waals surface area contributed by atoms with E-state index in [-0.39, 0.29) is 19.2 Å². The van der Waals surface area contributed by atoms with Gasteiger partial charge in [-0.3, -0.25) is 0 Å². The summed E-state index contributed by atoms with van der Waals surface area (Å²) in [6, 6.07) is 4.74. The maximum atomic E-state index is 12.0. The fraction of sp³-hybridized carbons (Fsp3) is 0.533. The van der Waals surface area contributed by atoms with E-state index in [4.69, 9.17) is 14.2 Å². The van der Waals surface area contributed by atoms with Crippen molar-refractivity contribution in [1.29, 1.82) is 0 Å². The molecule has 0 saturated carbocycles. The Kier molecular flexibility index (Phi) is 5.30. The molecule has 138 valence electrons. The van der Waals surface area contributed by atoms with Crippen LogP contribution in [-0.4, -0.2) is 70.6 Å². The minimum Gasteiger partial charge on any atom is -0.486 e. The number of nitrogens with one attached hydrogen (secondary N) is 2. The molecule has 2 N–H and O–H groups in total. The second-order valence-corrected chi connectivity index (χ2v) is 7.79. The summed E-state index contributed by atoms with van der Waals surface area (Å²) >= 11 is 0. The molecule has 25 heavy (non-hydrogen) atoms. The molecule has 1 atom stereocenters. The van der Waals surface area contributed by atoms with Crippen LogP contribution in [0.3, 0.4) is 0 Å². The van der Waals surface area contributed by atoms with E-state index in [0.29, 0.717) is 43.6 Å². The van der Waals surface area contributed by atoms with E-state index in [2.05, 4.69) is 10.6 Å². The number of urea groups is 1. The Morgan fingerprint density at radius 2 is 2.00 bits per heavy atom. The highest BCUT2D eigenvalue weighted by Crippen LogP contribution is 2.32. The molecular weight excluding hydrogens is 350 g/mol. The summed E-state index contributed by atoms with van der Waals surface area (Å²) in [7, 11) is -3.26. The topological polar surface area (TPSA) is 106 Å². The van der Waals surface area contributed by atoms with Crippen molar-refractivity contribution in [2.24, 2.45) is 0 Å². The van der Waals surface area contributed by atoms with Gasteiger partial charge in [-0.05, 0) is 12.1 Å². The minimum absolute atomic E-state index is 0.211. The van der Waals surface area contributed by atoms with Gasteiger partial charge < -0.3 is 24.8 Å². The van der Waals surface area contributed by atoms with Crippen molar-refractivity contribution in [3.63, 3.8) is 0 Å². The molecule has 0 radical (unpaired) electrons. The Morgan fingerprint density at radius 3 is 2.76 bits per heavy atom. The number of fused-ring (bicyclic) bond motifs is 1.